The molecule has 0 amide bonds. The van der Waals surface area contributed by atoms with E-state index in [4.69, 9.17) is 5.11 Å². The van der Waals surface area contributed by atoms with Crippen molar-refractivity contribution < 1.29 is 22.7 Å². The first-order chi connectivity index (χ1) is 9.78. The molecule has 0 aromatic heterocycles. The summed E-state index contributed by atoms with van der Waals surface area (Å²) < 4.78 is 40.3. The van der Waals surface area contributed by atoms with Gasteiger partial charge in [-0.25, -0.2) is 17.5 Å². The first-order valence-electron chi connectivity index (χ1n) is 6.80. The Morgan fingerprint density at radius 2 is 1.86 bits per heavy atom. The van der Waals surface area contributed by atoms with Gasteiger partial charge in [0.2, 0.25) is 10.0 Å². The number of carboxylic acids is 1. The van der Waals surface area contributed by atoms with E-state index in [0.29, 0.717) is 31.2 Å². The maximum Gasteiger partial charge on any atom is 0.306 e. The maximum atomic E-state index is 13.3. The second-order valence-corrected chi connectivity index (χ2v) is 7.19. The molecule has 0 spiro atoms. The van der Waals surface area contributed by atoms with Crippen LogP contribution in [0.15, 0.2) is 23.1 Å². The zero-order valence-corrected chi connectivity index (χ0v) is 12.5. The van der Waals surface area contributed by atoms with Crippen molar-refractivity contribution in [3.8, 4) is 0 Å². The summed E-state index contributed by atoms with van der Waals surface area (Å²) in [6.07, 6.45) is 1.85. The summed E-state index contributed by atoms with van der Waals surface area (Å²) in [5.41, 5.74) is 0.532. The summed E-state index contributed by atoms with van der Waals surface area (Å²) >= 11 is 0. The fourth-order valence-electron chi connectivity index (χ4n) is 2.60. The highest BCUT2D eigenvalue weighted by Crippen LogP contribution is 2.25. The molecule has 0 unspecified atom stereocenters. The van der Waals surface area contributed by atoms with E-state index in [2.05, 4.69) is 4.72 Å². The van der Waals surface area contributed by atoms with E-state index in [1.807, 2.05) is 0 Å². The van der Waals surface area contributed by atoms with Crippen LogP contribution in [0.1, 0.15) is 31.2 Å². The number of rotatable bonds is 4. The molecule has 1 fully saturated rings. The van der Waals surface area contributed by atoms with E-state index in [-0.39, 0.29) is 10.9 Å². The molecule has 0 atom stereocenters. The molecule has 1 saturated carbocycles. The van der Waals surface area contributed by atoms with Crippen molar-refractivity contribution in [3.05, 3.63) is 29.6 Å². The Bertz CT molecular complexity index is 616. The largest absolute Gasteiger partial charge is 0.481 e. The van der Waals surface area contributed by atoms with Crippen LogP contribution in [-0.4, -0.2) is 25.5 Å². The lowest BCUT2D eigenvalue weighted by atomic mass is 9.87. The van der Waals surface area contributed by atoms with E-state index in [0.717, 1.165) is 6.07 Å². The van der Waals surface area contributed by atoms with Crippen LogP contribution in [0.5, 0.6) is 0 Å². The lowest BCUT2D eigenvalue weighted by molar-refractivity contribution is -0.142. The zero-order valence-electron chi connectivity index (χ0n) is 11.7. The third kappa shape index (κ3) is 4.01. The highest BCUT2D eigenvalue weighted by Gasteiger charge is 2.29. The van der Waals surface area contributed by atoms with E-state index < -0.39 is 27.7 Å². The minimum absolute atomic E-state index is 0.0969. The number of hydrogen-bond acceptors (Lipinski definition) is 3. The number of aryl methyl sites for hydroxylation is 1. The molecule has 7 heteroatoms. The molecule has 5 nitrogen and oxygen atoms in total. The summed E-state index contributed by atoms with van der Waals surface area (Å²) in [6, 6.07) is 3.36. The molecule has 1 aromatic carbocycles. The Kier molecular flexibility index (Phi) is 4.63. The van der Waals surface area contributed by atoms with Crippen LogP contribution < -0.4 is 4.72 Å². The SMILES string of the molecule is Cc1cc(F)cc(S(=O)(=O)NC2CCC(C(=O)O)CC2)c1. The molecule has 0 saturated heterocycles. The quantitative estimate of drug-likeness (QED) is 0.891. The number of carbonyl (C=O) groups is 1. The molecular formula is C14H18FNO4S. The van der Waals surface area contributed by atoms with Gasteiger partial charge in [0.05, 0.1) is 10.8 Å². The van der Waals surface area contributed by atoms with Crippen molar-refractivity contribution in [2.24, 2.45) is 5.92 Å². The smallest absolute Gasteiger partial charge is 0.306 e. The van der Waals surface area contributed by atoms with Crippen LogP contribution in [0, 0.1) is 18.7 Å². The first-order valence-corrected chi connectivity index (χ1v) is 8.28. The van der Waals surface area contributed by atoms with Gasteiger partial charge in [0.25, 0.3) is 0 Å². The Labute approximate surface area is 123 Å². The molecule has 0 heterocycles. The standard InChI is InChI=1S/C14H18FNO4S/c1-9-6-11(15)8-13(7-9)21(19,20)16-12-4-2-10(3-5-12)14(17)18/h6-8,10,12,16H,2-5H2,1H3,(H,17,18). The minimum atomic E-state index is -3.78. The van der Waals surface area contributed by atoms with Gasteiger partial charge in [0.15, 0.2) is 0 Å². The second kappa shape index (κ2) is 6.11. The van der Waals surface area contributed by atoms with Crippen LogP contribution in [0.3, 0.4) is 0 Å². The maximum absolute atomic E-state index is 13.3. The van der Waals surface area contributed by atoms with E-state index in [9.17, 15) is 17.6 Å². The molecule has 1 aliphatic carbocycles. The normalized spacial score (nSPS) is 23.0. The summed E-state index contributed by atoms with van der Waals surface area (Å²) in [4.78, 5) is 10.8. The Morgan fingerprint density at radius 3 is 2.38 bits per heavy atom. The first kappa shape index (κ1) is 15.9. The summed E-state index contributed by atoms with van der Waals surface area (Å²) in [7, 11) is -3.78. The number of halogens is 1. The predicted octanol–water partition coefficient (Wildman–Crippen LogP) is 2.06. The van der Waals surface area contributed by atoms with Crippen LogP contribution in [0.25, 0.3) is 0 Å². The van der Waals surface area contributed by atoms with Gasteiger partial charge in [-0.1, -0.05) is 0 Å². The lowest BCUT2D eigenvalue weighted by Gasteiger charge is -2.26. The van der Waals surface area contributed by atoms with Crippen LogP contribution in [0.4, 0.5) is 4.39 Å². The van der Waals surface area contributed by atoms with Crippen LogP contribution in [-0.2, 0) is 14.8 Å². The highest BCUT2D eigenvalue weighted by molar-refractivity contribution is 7.89. The van der Waals surface area contributed by atoms with Gasteiger partial charge in [-0.05, 0) is 56.4 Å². The van der Waals surface area contributed by atoms with Crippen molar-refractivity contribution in [3.63, 3.8) is 0 Å². The lowest BCUT2D eigenvalue weighted by Crippen LogP contribution is -2.38. The van der Waals surface area contributed by atoms with Gasteiger partial charge in [-0.15, -0.1) is 0 Å². The molecular weight excluding hydrogens is 297 g/mol. The van der Waals surface area contributed by atoms with Gasteiger partial charge < -0.3 is 5.11 Å². The molecule has 1 aliphatic rings. The van der Waals surface area contributed by atoms with Crippen LogP contribution >= 0.6 is 0 Å². The average molecular weight is 315 g/mol. The van der Waals surface area contributed by atoms with Crippen molar-refractivity contribution in [1.82, 2.24) is 4.72 Å². The van der Waals surface area contributed by atoms with E-state index in [1.165, 1.54) is 12.1 Å². The fraction of sp³-hybridized carbons (Fsp3) is 0.500. The monoisotopic (exact) mass is 315 g/mol. The summed E-state index contributed by atoms with van der Waals surface area (Å²) in [6.45, 7) is 1.63. The summed E-state index contributed by atoms with van der Waals surface area (Å²) in [5, 5.41) is 8.92. The Balaban J connectivity index is 2.07. The van der Waals surface area contributed by atoms with Crippen molar-refractivity contribution in [2.45, 2.75) is 43.5 Å². The molecule has 0 aliphatic heterocycles. The molecule has 0 bridgehead atoms. The minimum Gasteiger partial charge on any atom is -0.481 e. The number of nitrogens with one attached hydrogen (secondary N) is 1. The summed E-state index contributed by atoms with van der Waals surface area (Å²) in [5.74, 6) is -1.83. The third-order valence-electron chi connectivity index (χ3n) is 3.72. The average Bonchev–Trinajstić information content (AvgIpc) is 2.37. The number of carboxylic acid groups (broad SMARTS) is 1. The molecule has 1 aromatic rings. The molecule has 0 radical (unpaired) electrons. The third-order valence-corrected chi connectivity index (χ3v) is 5.22. The van der Waals surface area contributed by atoms with Gasteiger partial charge in [0.1, 0.15) is 5.82 Å². The van der Waals surface area contributed by atoms with Gasteiger partial charge in [-0.3, -0.25) is 4.79 Å². The second-order valence-electron chi connectivity index (χ2n) is 5.47. The fourth-order valence-corrected chi connectivity index (χ4v) is 4.02. The molecule has 21 heavy (non-hydrogen) atoms. The predicted molar refractivity (Wildman–Crippen MR) is 74.8 cm³/mol. The topological polar surface area (TPSA) is 83.5 Å². The van der Waals surface area contributed by atoms with E-state index in [1.54, 1.807) is 6.92 Å². The van der Waals surface area contributed by atoms with E-state index >= 15 is 0 Å². The number of hydrogen-bond donors (Lipinski definition) is 2. The molecule has 116 valence electrons. The van der Waals surface area contributed by atoms with Gasteiger partial charge in [-0.2, -0.15) is 0 Å². The van der Waals surface area contributed by atoms with Crippen molar-refractivity contribution in [1.29, 1.82) is 0 Å². The highest BCUT2D eigenvalue weighted by atomic mass is 32.2. The van der Waals surface area contributed by atoms with Crippen molar-refractivity contribution >= 4 is 16.0 Å². The van der Waals surface area contributed by atoms with Gasteiger partial charge in [0, 0.05) is 6.04 Å². The number of aliphatic carboxylic acids is 1. The molecule has 2 N–H and O–H groups in total. The van der Waals surface area contributed by atoms with Gasteiger partial charge >= 0.3 is 5.97 Å². The van der Waals surface area contributed by atoms with Crippen molar-refractivity contribution in [2.75, 3.05) is 0 Å². The Hall–Kier alpha value is -1.47. The molecule has 2 rings (SSSR count). The Morgan fingerprint density at radius 1 is 1.24 bits per heavy atom. The zero-order chi connectivity index (χ0) is 15.6. The van der Waals surface area contributed by atoms with Crippen LogP contribution in [0.2, 0.25) is 0 Å². The number of sulfonamides is 1. The number of benzene rings is 1.